The molecule has 0 bridgehead atoms. The van der Waals surface area contributed by atoms with E-state index in [0.29, 0.717) is 12.4 Å². The summed E-state index contributed by atoms with van der Waals surface area (Å²) in [6, 6.07) is 15.5. The average molecular weight is 397 g/mol. The van der Waals surface area contributed by atoms with Gasteiger partial charge in [0, 0.05) is 5.56 Å². The minimum Gasteiger partial charge on any atom is -0.488 e. The van der Waals surface area contributed by atoms with Crippen molar-refractivity contribution < 1.29 is 19.4 Å². The molecule has 2 N–H and O–H groups in total. The molecular formula is C20H19N3O4S. The van der Waals surface area contributed by atoms with Crippen molar-refractivity contribution in [3.05, 3.63) is 65.2 Å². The first-order valence-corrected chi connectivity index (χ1v) is 9.47. The Bertz CT molecular complexity index is 943. The number of hydrogen-bond acceptors (Lipinski definition) is 6. The molecule has 0 aromatic heterocycles. The second-order valence-corrected chi connectivity index (χ2v) is 7.35. The molecule has 1 fully saturated rings. The molecule has 0 saturated carbocycles. The Balaban J connectivity index is 1.64. The van der Waals surface area contributed by atoms with Crippen molar-refractivity contribution in [1.29, 1.82) is 0 Å². The number of nitrogens with one attached hydrogen (secondary N) is 1. The second-order valence-electron chi connectivity index (χ2n) is 6.16. The summed E-state index contributed by atoms with van der Waals surface area (Å²) in [6.45, 7) is 2.47. The Labute approximate surface area is 166 Å². The van der Waals surface area contributed by atoms with Crippen LogP contribution in [0, 0.1) is 6.92 Å². The molecule has 2 aromatic rings. The van der Waals surface area contributed by atoms with E-state index in [1.165, 1.54) is 11.8 Å². The summed E-state index contributed by atoms with van der Waals surface area (Å²) in [4.78, 5) is 22.5. The van der Waals surface area contributed by atoms with Gasteiger partial charge >= 0.3 is 5.97 Å². The van der Waals surface area contributed by atoms with Crippen LogP contribution in [0.4, 0.5) is 0 Å². The zero-order valence-electron chi connectivity index (χ0n) is 15.2. The SMILES string of the molecule is Cc1cccc(COc2ccccc2C=NN=C2NC(=O)C(CC(=O)O)S2)c1. The molecule has 1 aliphatic heterocycles. The van der Waals surface area contributed by atoms with E-state index in [9.17, 15) is 9.59 Å². The van der Waals surface area contributed by atoms with Crippen molar-refractivity contribution >= 4 is 35.0 Å². The number of nitrogens with zero attached hydrogens (tertiary/aromatic N) is 2. The van der Waals surface area contributed by atoms with Gasteiger partial charge in [0.25, 0.3) is 0 Å². The maximum atomic E-state index is 11.7. The van der Waals surface area contributed by atoms with Crippen molar-refractivity contribution in [2.45, 2.75) is 25.2 Å². The number of carbonyl (C=O) groups excluding carboxylic acids is 1. The van der Waals surface area contributed by atoms with Crippen LogP contribution >= 0.6 is 11.8 Å². The number of carboxylic acid groups (broad SMARTS) is 1. The minimum atomic E-state index is -1.03. The zero-order valence-corrected chi connectivity index (χ0v) is 16.0. The summed E-state index contributed by atoms with van der Waals surface area (Å²) in [5, 5.41) is 18.9. The van der Waals surface area contributed by atoms with Gasteiger partial charge in [-0.1, -0.05) is 53.7 Å². The molecule has 3 rings (SSSR count). The maximum Gasteiger partial charge on any atom is 0.305 e. The zero-order chi connectivity index (χ0) is 19.9. The van der Waals surface area contributed by atoms with Crippen molar-refractivity contribution in [1.82, 2.24) is 5.32 Å². The Morgan fingerprint density at radius 1 is 1.29 bits per heavy atom. The van der Waals surface area contributed by atoms with Gasteiger partial charge in [-0.25, -0.2) is 0 Å². The fourth-order valence-corrected chi connectivity index (χ4v) is 3.49. The van der Waals surface area contributed by atoms with Crippen LogP contribution in [0.3, 0.4) is 0 Å². The highest BCUT2D eigenvalue weighted by Crippen LogP contribution is 2.22. The molecule has 0 aliphatic carbocycles. The fraction of sp³-hybridized carbons (Fsp3) is 0.200. The van der Waals surface area contributed by atoms with Gasteiger partial charge in [0.15, 0.2) is 5.17 Å². The number of rotatable bonds is 7. The van der Waals surface area contributed by atoms with Crippen LogP contribution < -0.4 is 10.1 Å². The molecule has 1 heterocycles. The summed E-state index contributed by atoms with van der Waals surface area (Å²) in [5.74, 6) is -0.736. The molecule has 1 amide bonds. The van der Waals surface area contributed by atoms with Gasteiger partial charge < -0.3 is 15.2 Å². The highest BCUT2D eigenvalue weighted by Gasteiger charge is 2.32. The highest BCUT2D eigenvalue weighted by atomic mass is 32.2. The lowest BCUT2D eigenvalue weighted by molar-refractivity contribution is -0.138. The Morgan fingerprint density at radius 2 is 2.11 bits per heavy atom. The van der Waals surface area contributed by atoms with Crippen LogP contribution in [0.1, 0.15) is 23.1 Å². The van der Waals surface area contributed by atoms with E-state index >= 15 is 0 Å². The predicted octanol–water partition coefficient (Wildman–Crippen LogP) is 2.97. The van der Waals surface area contributed by atoms with E-state index in [-0.39, 0.29) is 17.5 Å². The summed E-state index contributed by atoms with van der Waals surface area (Å²) >= 11 is 1.06. The number of amides is 1. The maximum absolute atomic E-state index is 11.7. The molecule has 1 atom stereocenters. The smallest absolute Gasteiger partial charge is 0.305 e. The van der Waals surface area contributed by atoms with Gasteiger partial charge in [-0.3, -0.25) is 9.59 Å². The molecule has 144 valence electrons. The number of hydrogen-bond donors (Lipinski definition) is 2. The van der Waals surface area contributed by atoms with Crippen molar-refractivity contribution in [3.63, 3.8) is 0 Å². The predicted molar refractivity (Wildman–Crippen MR) is 109 cm³/mol. The van der Waals surface area contributed by atoms with Crippen molar-refractivity contribution in [3.8, 4) is 5.75 Å². The van der Waals surface area contributed by atoms with E-state index in [1.54, 1.807) is 0 Å². The largest absolute Gasteiger partial charge is 0.488 e. The quantitative estimate of drug-likeness (QED) is 0.553. The lowest BCUT2D eigenvalue weighted by Crippen LogP contribution is -2.26. The third kappa shape index (κ3) is 5.43. The summed E-state index contributed by atoms with van der Waals surface area (Å²) in [6.07, 6.45) is 1.28. The van der Waals surface area contributed by atoms with E-state index in [2.05, 4.69) is 21.6 Å². The molecule has 0 spiro atoms. The van der Waals surface area contributed by atoms with Crippen molar-refractivity contribution in [2.24, 2.45) is 10.2 Å². The average Bonchev–Trinajstić information content (AvgIpc) is 2.99. The number of carbonyl (C=O) groups is 2. The minimum absolute atomic E-state index is 0.255. The Kier molecular flexibility index (Phi) is 6.44. The number of carboxylic acids is 1. The second kappa shape index (κ2) is 9.18. The Hall–Kier alpha value is -3.13. The standard InChI is InChI=1S/C20H19N3O4S/c1-13-5-4-6-14(9-13)12-27-16-8-3-2-7-15(16)11-21-23-20-22-19(26)17(28-20)10-18(24)25/h2-9,11,17H,10,12H2,1H3,(H,24,25)(H,22,23,26). The number of aryl methyl sites for hydroxylation is 1. The van der Waals surface area contributed by atoms with E-state index in [1.807, 2.05) is 49.4 Å². The van der Waals surface area contributed by atoms with Gasteiger partial charge in [-0.2, -0.15) is 5.10 Å². The van der Waals surface area contributed by atoms with Crippen LogP contribution in [-0.2, 0) is 16.2 Å². The van der Waals surface area contributed by atoms with E-state index in [0.717, 1.165) is 22.9 Å². The monoisotopic (exact) mass is 397 g/mol. The van der Waals surface area contributed by atoms with E-state index in [4.69, 9.17) is 9.84 Å². The molecule has 2 aromatic carbocycles. The first-order valence-electron chi connectivity index (χ1n) is 8.59. The van der Waals surface area contributed by atoms with Crippen LogP contribution in [0.2, 0.25) is 0 Å². The van der Waals surface area contributed by atoms with Crippen molar-refractivity contribution in [2.75, 3.05) is 0 Å². The molecule has 28 heavy (non-hydrogen) atoms. The van der Waals surface area contributed by atoms with Gasteiger partial charge in [0.2, 0.25) is 5.91 Å². The first kappa shape index (κ1) is 19.6. The van der Waals surface area contributed by atoms with Crippen LogP contribution in [0.15, 0.2) is 58.7 Å². The van der Waals surface area contributed by atoms with Crippen LogP contribution in [-0.4, -0.2) is 33.6 Å². The summed E-state index contributed by atoms with van der Waals surface area (Å²) in [7, 11) is 0. The number of amidine groups is 1. The van der Waals surface area contributed by atoms with Gasteiger partial charge in [0.1, 0.15) is 17.6 Å². The third-order valence-electron chi connectivity index (χ3n) is 3.88. The van der Waals surface area contributed by atoms with Gasteiger partial charge in [-0.05, 0) is 24.6 Å². The molecule has 8 heteroatoms. The molecule has 7 nitrogen and oxygen atoms in total. The number of benzene rings is 2. The normalized spacial score (nSPS) is 17.8. The van der Waals surface area contributed by atoms with Gasteiger partial charge in [0.05, 0.1) is 12.6 Å². The highest BCUT2D eigenvalue weighted by molar-refractivity contribution is 8.15. The number of para-hydroxylation sites is 1. The third-order valence-corrected chi connectivity index (χ3v) is 4.95. The number of aliphatic carboxylic acids is 1. The summed E-state index contributed by atoms with van der Waals surface area (Å²) < 4.78 is 5.90. The van der Waals surface area contributed by atoms with Crippen LogP contribution in [0.25, 0.3) is 0 Å². The molecule has 0 radical (unpaired) electrons. The lowest BCUT2D eigenvalue weighted by Gasteiger charge is -2.09. The van der Waals surface area contributed by atoms with Gasteiger partial charge in [-0.15, -0.1) is 5.10 Å². The van der Waals surface area contributed by atoms with E-state index < -0.39 is 11.2 Å². The topological polar surface area (TPSA) is 100 Å². The number of ether oxygens (including phenoxy) is 1. The molecule has 1 saturated heterocycles. The molecule has 1 unspecified atom stereocenters. The Morgan fingerprint density at radius 3 is 2.89 bits per heavy atom. The lowest BCUT2D eigenvalue weighted by atomic mass is 10.1. The summed E-state index contributed by atoms with van der Waals surface area (Å²) in [5.41, 5.74) is 2.99. The molecular weight excluding hydrogens is 378 g/mol. The van der Waals surface area contributed by atoms with Crippen LogP contribution in [0.5, 0.6) is 5.75 Å². The first-order chi connectivity index (χ1) is 13.5. The fourth-order valence-electron chi connectivity index (χ4n) is 2.57. The number of thioether (sulfide) groups is 1. The molecule has 1 aliphatic rings.